The van der Waals surface area contributed by atoms with E-state index < -0.39 is 40.7 Å². The van der Waals surface area contributed by atoms with E-state index >= 15 is 0 Å². The largest absolute Gasteiger partial charge is 0.433 e. The number of alkyl halides is 3. The molecule has 0 radical (unpaired) electrons. The maximum absolute atomic E-state index is 13.8. The van der Waals surface area contributed by atoms with Crippen LogP contribution in [-0.2, 0) is 6.18 Å². The van der Waals surface area contributed by atoms with Crippen LogP contribution in [0.4, 0.5) is 27.9 Å². The lowest BCUT2D eigenvalue weighted by atomic mass is 10.1. The first-order valence-electron chi connectivity index (χ1n) is 5.37. The molecule has 0 saturated heterocycles. The van der Waals surface area contributed by atoms with Gasteiger partial charge in [-0.15, -0.1) is 0 Å². The second-order valence-corrected chi connectivity index (χ2v) is 4.05. The Kier molecular flexibility index (Phi) is 3.33. The van der Waals surface area contributed by atoms with E-state index in [4.69, 9.17) is 5.73 Å². The second kappa shape index (κ2) is 4.69. The molecule has 20 heavy (non-hydrogen) atoms. The topological polar surface area (TPSA) is 51.8 Å². The lowest BCUT2D eigenvalue weighted by molar-refractivity contribution is -0.141. The molecular weight excluding hydrogens is 281 g/mol. The summed E-state index contributed by atoms with van der Waals surface area (Å²) in [6.45, 7) is 1.33. The van der Waals surface area contributed by atoms with Crippen molar-refractivity contribution in [2.24, 2.45) is 0 Å². The minimum absolute atomic E-state index is 0.0318. The van der Waals surface area contributed by atoms with Crippen LogP contribution in [0.25, 0.3) is 11.3 Å². The van der Waals surface area contributed by atoms with Crippen molar-refractivity contribution in [3.05, 3.63) is 41.1 Å². The summed E-state index contributed by atoms with van der Waals surface area (Å²) in [5.41, 5.74) is 3.05. The number of nitrogens with two attached hydrogens (primary N) is 1. The summed E-state index contributed by atoms with van der Waals surface area (Å²) in [5.74, 6) is -3.10. The van der Waals surface area contributed by atoms with Crippen molar-refractivity contribution < 1.29 is 22.0 Å². The maximum atomic E-state index is 13.8. The maximum Gasteiger partial charge on any atom is 0.433 e. The van der Waals surface area contributed by atoms with Crippen LogP contribution < -0.4 is 5.73 Å². The van der Waals surface area contributed by atoms with Gasteiger partial charge in [0.15, 0.2) is 17.3 Å². The molecule has 0 saturated carbocycles. The van der Waals surface area contributed by atoms with Gasteiger partial charge in [0.05, 0.1) is 5.69 Å². The monoisotopic (exact) mass is 289 g/mol. The molecule has 0 aliphatic carbocycles. The van der Waals surface area contributed by atoms with E-state index in [1.54, 1.807) is 0 Å². The van der Waals surface area contributed by atoms with E-state index in [0.29, 0.717) is 6.07 Å². The van der Waals surface area contributed by atoms with Crippen LogP contribution in [0, 0.1) is 18.6 Å². The summed E-state index contributed by atoms with van der Waals surface area (Å²) in [4.78, 5) is 6.53. The fraction of sp³-hybridized carbons (Fsp3) is 0.167. The molecule has 0 amide bonds. The summed E-state index contributed by atoms with van der Waals surface area (Å²) in [6.07, 6.45) is -4.76. The molecule has 2 aromatic rings. The van der Waals surface area contributed by atoms with Gasteiger partial charge in [-0.3, -0.25) is 0 Å². The zero-order valence-electron chi connectivity index (χ0n) is 10.1. The molecule has 1 aromatic carbocycles. The fourth-order valence-electron chi connectivity index (χ4n) is 1.59. The van der Waals surface area contributed by atoms with E-state index in [1.165, 1.54) is 13.0 Å². The second-order valence-electron chi connectivity index (χ2n) is 4.05. The third-order valence-electron chi connectivity index (χ3n) is 2.59. The first-order valence-corrected chi connectivity index (χ1v) is 5.37. The molecule has 0 aliphatic heterocycles. The first kappa shape index (κ1) is 14.2. The smallest absolute Gasteiger partial charge is 0.368 e. The Hall–Kier alpha value is -2.25. The van der Waals surface area contributed by atoms with E-state index in [2.05, 4.69) is 9.97 Å². The third-order valence-corrected chi connectivity index (χ3v) is 2.59. The normalized spacial score (nSPS) is 11.7. The highest BCUT2D eigenvalue weighted by molar-refractivity contribution is 5.62. The van der Waals surface area contributed by atoms with Crippen LogP contribution in [0.5, 0.6) is 0 Å². The molecule has 0 unspecified atom stereocenters. The van der Waals surface area contributed by atoms with E-state index in [9.17, 15) is 22.0 Å². The molecule has 1 aromatic heterocycles. The molecular formula is C12H8F5N3. The zero-order valence-corrected chi connectivity index (χ0v) is 10.1. The number of hydrogen-bond donors (Lipinski definition) is 1. The van der Waals surface area contributed by atoms with Crippen molar-refractivity contribution in [3.63, 3.8) is 0 Å². The number of aryl methyl sites for hydroxylation is 1. The number of anilines is 1. The summed E-state index contributed by atoms with van der Waals surface area (Å²) < 4.78 is 65.0. The number of halogens is 5. The van der Waals surface area contributed by atoms with Crippen molar-refractivity contribution >= 4 is 5.95 Å². The molecule has 0 spiro atoms. The molecule has 2 N–H and O–H groups in total. The molecule has 0 atom stereocenters. The highest BCUT2D eigenvalue weighted by Gasteiger charge is 2.34. The minimum Gasteiger partial charge on any atom is -0.368 e. The van der Waals surface area contributed by atoms with Crippen LogP contribution in [0.3, 0.4) is 0 Å². The van der Waals surface area contributed by atoms with Gasteiger partial charge in [-0.1, -0.05) is 6.07 Å². The Morgan fingerprint density at radius 1 is 1.05 bits per heavy atom. The summed E-state index contributed by atoms with van der Waals surface area (Å²) >= 11 is 0. The van der Waals surface area contributed by atoms with E-state index in [1.807, 2.05) is 0 Å². The number of hydrogen-bond acceptors (Lipinski definition) is 3. The van der Waals surface area contributed by atoms with Gasteiger partial charge < -0.3 is 5.73 Å². The standard InChI is InChI=1S/C12H8F5N3/c1-5-2-3-6(10(14)9(5)13)7-4-8(12(15,16)17)20-11(18)19-7/h2-4H,1H3,(H2,18,19,20). The van der Waals surface area contributed by atoms with Crippen molar-refractivity contribution in [1.29, 1.82) is 0 Å². The molecule has 3 nitrogen and oxygen atoms in total. The van der Waals surface area contributed by atoms with Crippen molar-refractivity contribution in [2.45, 2.75) is 13.1 Å². The summed E-state index contributed by atoms with van der Waals surface area (Å²) in [5, 5.41) is 0. The molecule has 0 fully saturated rings. The first-order chi connectivity index (χ1) is 9.20. The average molecular weight is 289 g/mol. The Morgan fingerprint density at radius 2 is 1.70 bits per heavy atom. The van der Waals surface area contributed by atoms with Crippen molar-refractivity contribution in [1.82, 2.24) is 9.97 Å². The Morgan fingerprint density at radius 3 is 2.30 bits per heavy atom. The highest BCUT2D eigenvalue weighted by atomic mass is 19.4. The van der Waals surface area contributed by atoms with Crippen LogP contribution >= 0.6 is 0 Å². The summed E-state index contributed by atoms with van der Waals surface area (Å²) in [6, 6.07) is 2.89. The number of nitrogen functional groups attached to an aromatic ring is 1. The Balaban J connectivity index is 2.65. The van der Waals surface area contributed by atoms with Gasteiger partial charge in [0.1, 0.15) is 0 Å². The van der Waals surface area contributed by atoms with Gasteiger partial charge in [0.2, 0.25) is 5.95 Å². The molecule has 0 aliphatic rings. The quantitative estimate of drug-likeness (QED) is 0.819. The van der Waals surface area contributed by atoms with Crippen LogP contribution in [0.15, 0.2) is 18.2 Å². The van der Waals surface area contributed by atoms with Gasteiger partial charge in [-0.2, -0.15) is 13.2 Å². The Labute approximate surface area is 110 Å². The molecule has 0 bridgehead atoms. The average Bonchev–Trinajstić information content (AvgIpc) is 2.34. The lowest BCUT2D eigenvalue weighted by Crippen LogP contribution is -2.11. The van der Waals surface area contributed by atoms with Crippen LogP contribution in [-0.4, -0.2) is 9.97 Å². The Bertz CT molecular complexity index is 667. The zero-order chi connectivity index (χ0) is 15.1. The van der Waals surface area contributed by atoms with Crippen molar-refractivity contribution in [3.8, 4) is 11.3 Å². The van der Waals surface area contributed by atoms with Crippen LogP contribution in [0.1, 0.15) is 11.3 Å². The highest BCUT2D eigenvalue weighted by Crippen LogP contribution is 2.32. The number of aromatic nitrogens is 2. The lowest BCUT2D eigenvalue weighted by Gasteiger charge is -2.10. The van der Waals surface area contributed by atoms with Crippen molar-refractivity contribution in [2.75, 3.05) is 5.73 Å². The molecule has 1 heterocycles. The number of rotatable bonds is 1. The van der Waals surface area contributed by atoms with Gasteiger partial charge in [0, 0.05) is 5.56 Å². The van der Waals surface area contributed by atoms with Crippen LogP contribution in [0.2, 0.25) is 0 Å². The number of benzene rings is 1. The summed E-state index contributed by atoms with van der Waals surface area (Å²) in [7, 11) is 0. The predicted molar refractivity (Wildman–Crippen MR) is 61.5 cm³/mol. The molecule has 106 valence electrons. The van der Waals surface area contributed by atoms with Gasteiger partial charge in [-0.05, 0) is 24.6 Å². The fourth-order valence-corrected chi connectivity index (χ4v) is 1.59. The van der Waals surface area contributed by atoms with E-state index in [-0.39, 0.29) is 5.56 Å². The SMILES string of the molecule is Cc1ccc(-c2cc(C(F)(F)F)nc(N)n2)c(F)c1F. The van der Waals surface area contributed by atoms with E-state index in [0.717, 1.165) is 6.07 Å². The predicted octanol–water partition coefficient (Wildman–Crippen LogP) is 3.33. The molecule has 2 rings (SSSR count). The molecule has 8 heteroatoms. The van der Waals surface area contributed by atoms with Gasteiger partial charge >= 0.3 is 6.18 Å². The number of nitrogens with zero attached hydrogens (tertiary/aromatic N) is 2. The minimum atomic E-state index is -4.76. The van der Waals surface area contributed by atoms with Gasteiger partial charge in [0.25, 0.3) is 0 Å². The third kappa shape index (κ3) is 2.54. The van der Waals surface area contributed by atoms with Gasteiger partial charge in [-0.25, -0.2) is 18.7 Å².